The van der Waals surface area contributed by atoms with Crippen molar-refractivity contribution >= 4 is 11.0 Å². The number of aliphatic hydroxyl groups excluding tert-OH is 4. The Morgan fingerprint density at radius 1 is 0.906 bits per heavy atom. The van der Waals surface area contributed by atoms with Gasteiger partial charge in [-0.05, 0) is 12.1 Å². The van der Waals surface area contributed by atoms with Crippen molar-refractivity contribution in [2.75, 3.05) is 6.61 Å². The number of fused-ring (bicyclic) bond motifs is 1. The van der Waals surface area contributed by atoms with E-state index in [1.807, 2.05) is 0 Å². The molecule has 0 bridgehead atoms. The van der Waals surface area contributed by atoms with Gasteiger partial charge in [-0.1, -0.05) is 0 Å². The van der Waals surface area contributed by atoms with Crippen LogP contribution in [-0.2, 0) is 4.74 Å². The topological polar surface area (TPSA) is 190 Å². The minimum Gasteiger partial charge on any atom is -0.508 e. The van der Waals surface area contributed by atoms with Gasteiger partial charge in [0.25, 0.3) is 0 Å². The molecule has 5 atom stereocenters. The van der Waals surface area contributed by atoms with E-state index < -0.39 is 42.7 Å². The van der Waals surface area contributed by atoms with Gasteiger partial charge in [0, 0.05) is 23.8 Å². The zero-order valence-electron chi connectivity index (χ0n) is 16.3. The van der Waals surface area contributed by atoms with Gasteiger partial charge in [0.2, 0.25) is 11.7 Å². The van der Waals surface area contributed by atoms with Crippen LogP contribution in [0.4, 0.5) is 0 Å². The Morgan fingerprint density at radius 2 is 1.66 bits per heavy atom. The minimum atomic E-state index is -1.75. The van der Waals surface area contributed by atoms with Gasteiger partial charge < -0.3 is 49.6 Å². The number of ether oxygens (including phenoxy) is 2. The summed E-state index contributed by atoms with van der Waals surface area (Å²) in [6.07, 6.45) is -6.86. The third-order valence-corrected chi connectivity index (χ3v) is 5.19. The Hall–Kier alpha value is -3.35. The van der Waals surface area contributed by atoms with Crippen LogP contribution in [0.2, 0.25) is 0 Å². The quantitative estimate of drug-likeness (QED) is 0.279. The highest BCUT2D eigenvalue weighted by molar-refractivity contribution is 5.89. The number of aromatic hydroxyl groups is 3. The second kappa shape index (κ2) is 8.30. The molecule has 3 aromatic rings. The summed E-state index contributed by atoms with van der Waals surface area (Å²) in [5, 5.41) is 68.9. The summed E-state index contributed by atoms with van der Waals surface area (Å²) >= 11 is 0. The monoisotopic (exact) mass is 448 g/mol. The molecule has 32 heavy (non-hydrogen) atoms. The van der Waals surface area contributed by atoms with Crippen molar-refractivity contribution in [1.29, 1.82) is 0 Å². The molecule has 1 fully saturated rings. The molecule has 0 amide bonds. The van der Waals surface area contributed by atoms with Gasteiger partial charge in [0.05, 0.1) is 12.2 Å². The fraction of sp³-hybridized carbons (Fsp3) is 0.286. The number of phenols is 3. The summed E-state index contributed by atoms with van der Waals surface area (Å²) in [6, 6.07) is 5.82. The van der Waals surface area contributed by atoms with E-state index >= 15 is 0 Å². The maximum atomic E-state index is 13.2. The highest BCUT2D eigenvalue weighted by Crippen LogP contribution is 2.35. The van der Waals surface area contributed by atoms with Crippen LogP contribution < -0.4 is 10.2 Å². The molecule has 0 saturated carbocycles. The van der Waals surface area contributed by atoms with E-state index in [-0.39, 0.29) is 45.1 Å². The number of benzene rings is 2. The second-order valence-electron chi connectivity index (χ2n) is 7.31. The fourth-order valence-corrected chi connectivity index (χ4v) is 3.52. The highest BCUT2D eigenvalue weighted by Gasteiger charge is 2.45. The molecule has 170 valence electrons. The molecule has 2 heterocycles. The Bertz CT molecular complexity index is 1200. The minimum absolute atomic E-state index is 0.0605. The van der Waals surface area contributed by atoms with Crippen molar-refractivity contribution in [1.82, 2.24) is 0 Å². The second-order valence-corrected chi connectivity index (χ2v) is 7.31. The molecule has 0 aliphatic carbocycles. The van der Waals surface area contributed by atoms with E-state index in [0.717, 1.165) is 24.5 Å². The van der Waals surface area contributed by atoms with Crippen LogP contribution in [0.5, 0.6) is 23.0 Å². The molecular weight excluding hydrogens is 428 g/mol. The normalized spacial score (nSPS) is 25.7. The predicted octanol–water partition coefficient (Wildman–Crippen LogP) is -0.245. The molecule has 1 unspecified atom stereocenters. The van der Waals surface area contributed by atoms with Crippen LogP contribution in [0, 0.1) is 0 Å². The first-order valence-corrected chi connectivity index (χ1v) is 9.49. The zero-order valence-corrected chi connectivity index (χ0v) is 16.3. The molecule has 1 aromatic heterocycles. The first kappa shape index (κ1) is 21.9. The van der Waals surface area contributed by atoms with Crippen molar-refractivity contribution in [3.63, 3.8) is 0 Å². The fourth-order valence-electron chi connectivity index (χ4n) is 3.52. The summed E-state index contributed by atoms with van der Waals surface area (Å²) in [6.45, 7) is -0.683. The van der Waals surface area contributed by atoms with Crippen molar-refractivity contribution in [3.05, 3.63) is 46.8 Å². The first-order valence-electron chi connectivity index (χ1n) is 9.49. The highest BCUT2D eigenvalue weighted by atomic mass is 16.7. The van der Waals surface area contributed by atoms with Gasteiger partial charge in [0.15, 0.2) is 0 Å². The van der Waals surface area contributed by atoms with E-state index in [1.165, 1.54) is 12.1 Å². The Morgan fingerprint density at radius 3 is 2.34 bits per heavy atom. The van der Waals surface area contributed by atoms with Gasteiger partial charge in [0.1, 0.15) is 64.6 Å². The van der Waals surface area contributed by atoms with Crippen LogP contribution in [0.3, 0.4) is 0 Å². The maximum absolute atomic E-state index is 13.2. The first-order chi connectivity index (χ1) is 15.2. The van der Waals surface area contributed by atoms with E-state index in [4.69, 9.17) is 13.9 Å². The number of phenolic OH excluding ortho intramolecular Hbond substituents is 3. The lowest BCUT2D eigenvalue weighted by Gasteiger charge is -2.39. The van der Waals surface area contributed by atoms with Crippen molar-refractivity contribution in [2.45, 2.75) is 30.7 Å². The third-order valence-electron chi connectivity index (χ3n) is 5.19. The molecule has 4 rings (SSSR count). The molecule has 7 N–H and O–H groups in total. The van der Waals surface area contributed by atoms with E-state index in [2.05, 4.69) is 0 Å². The Kier molecular flexibility index (Phi) is 5.67. The Labute approximate surface area is 179 Å². The lowest BCUT2D eigenvalue weighted by Crippen LogP contribution is -2.60. The molecule has 11 nitrogen and oxygen atoms in total. The molecule has 0 spiro atoms. The lowest BCUT2D eigenvalue weighted by atomic mass is 9.99. The van der Waals surface area contributed by atoms with Crippen molar-refractivity contribution < 1.29 is 49.6 Å². The van der Waals surface area contributed by atoms with Gasteiger partial charge in [-0.2, -0.15) is 0 Å². The van der Waals surface area contributed by atoms with E-state index in [0.29, 0.717) is 0 Å². The largest absolute Gasteiger partial charge is 0.508 e. The van der Waals surface area contributed by atoms with Gasteiger partial charge in [-0.3, -0.25) is 4.79 Å². The number of hydrogen-bond donors (Lipinski definition) is 7. The summed E-state index contributed by atoms with van der Waals surface area (Å²) in [7, 11) is 0. The van der Waals surface area contributed by atoms with Gasteiger partial charge in [-0.25, -0.2) is 0 Å². The van der Waals surface area contributed by atoms with Crippen LogP contribution >= 0.6 is 0 Å². The molecule has 11 heteroatoms. The smallest absolute Gasteiger partial charge is 0.229 e. The number of hydrogen-bond acceptors (Lipinski definition) is 11. The summed E-state index contributed by atoms with van der Waals surface area (Å²) in [4.78, 5) is 13.2. The zero-order chi connectivity index (χ0) is 23.2. The number of aliphatic hydroxyl groups is 4. The van der Waals surface area contributed by atoms with Crippen molar-refractivity contribution in [3.8, 4) is 34.1 Å². The average molecular weight is 448 g/mol. The summed E-state index contributed by atoms with van der Waals surface area (Å²) in [5.41, 5.74) is -0.784. The lowest BCUT2D eigenvalue weighted by molar-refractivity contribution is -0.277. The van der Waals surface area contributed by atoms with Crippen LogP contribution in [0.25, 0.3) is 22.1 Å². The molecular formula is C21H20O11. The van der Waals surface area contributed by atoms with E-state index in [9.17, 15) is 40.5 Å². The van der Waals surface area contributed by atoms with Crippen LogP contribution in [-0.4, -0.2) is 73.1 Å². The SMILES string of the molecule is O=c1c(-c2ccc(O)cc2O)coc2cc(O)cc(OC3O[C@H](CO)[C@@H](O)[C@H](O)[C@H]3O)c12. The summed E-state index contributed by atoms with van der Waals surface area (Å²) in [5.74, 6) is -1.22. The standard InChI is InChI=1S/C21H20O11/c22-6-15-18(27)19(28)20(29)21(32-15)31-14-5-9(24)4-13-16(14)17(26)11(7-30-13)10-2-1-8(23)3-12(10)25/h1-5,7,15,18-25,27-29H,6H2/t15-,18-,19+,20-,21?/m1/s1. The van der Waals surface area contributed by atoms with Crippen LogP contribution in [0.15, 0.2) is 45.8 Å². The van der Waals surface area contributed by atoms with Gasteiger partial charge in [-0.15, -0.1) is 0 Å². The molecule has 1 aliphatic heterocycles. The molecule has 1 saturated heterocycles. The molecule has 2 aromatic carbocycles. The average Bonchev–Trinajstić information content (AvgIpc) is 2.74. The third kappa shape index (κ3) is 3.72. The molecule has 0 radical (unpaired) electrons. The molecule has 1 aliphatic rings. The predicted molar refractivity (Wildman–Crippen MR) is 107 cm³/mol. The van der Waals surface area contributed by atoms with Gasteiger partial charge >= 0.3 is 0 Å². The van der Waals surface area contributed by atoms with Crippen LogP contribution in [0.1, 0.15) is 0 Å². The van der Waals surface area contributed by atoms with Crippen molar-refractivity contribution in [2.24, 2.45) is 0 Å². The number of rotatable bonds is 4. The Balaban J connectivity index is 1.82. The van der Waals surface area contributed by atoms with E-state index in [1.54, 1.807) is 0 Å². The summed E-state index contributed by atoms with van der Waals surface area (Å²) < 4.78 is 16.3. The maximum Gasteiger partial charge on any atom is 0.229 e.